The second-order valence-corrected chi connectivity index (χ2v) is 9.68. The van der Waals surface area contributed by atoms with Crippen molar-refractivity contribution < 1.29 is 12.8 Å². The van der Waals surface area contributed by atoms with Crippen LogP contribution in [-0.4, -0.2) is 13.0 Å². The molecule has 0 unspecified atom stereocenters. The van der Waals surface area contributed by atoms with Crippen LogP contribution in [0.1, 0.15) is 16.7 Å². The number of fused-ring (bicyclic) bond motifs is 1. The van der Waals surface area contributed by atoms with E-state index in [-0.39, 0.29) is 17.1 Å². The molecule has 0 radical (unpaired) electrons. The number of aryl methyl sites for hydroxylation is 1. The zero-order valence-electron chi connectivity index (χ0n) is 17.6. The second kappa shape index (κ2) is 8.55. The summed E-state index contributed by atoms with van der Waals surface area (Å²) in [7, 11) is -1.84. The van der Waals surface area contributed by atoms with Crippen molar-refractivity contribution in [2.45, 2.75) is 12.2 Å². The number of benzene rings is 3. The summed E-state index contributed by atoms with van der Waals surface area (Å²) < 4.78 is 39.8. The molecule has 4 rings (SSSR count). The fourth-order valence-corrected chi connectivity index (χ4v) is 4.77. The zero-order valence-corrected chi connectivity index (χ0v) is 18.4. The number of rotatable bonds is 6. The molecule has 0 spiro atoms. The predicted octanol–water partition coefficient (Wildman–Crippen LogP) is 4.99. The number of hydrogen-bond donors (Lipinski definition) is 0. The molecule has 162 valence electrons. The topological polar surface area (TPSA) is 56.1 Å². The predicted molar refractivity (Wildman–Crippen MR) is 127 cm³/mol. The Morgan fingerprint density at radius 3 is 2.28 bits per heavy atom. The van der Waals surface area contributed by atoms with Crippen LogP contribution in [-0.2, 0) is 29.1 Å². The van der Waals surface area contributed by atoms with Gasteiger partial charge in [-0.2, -0.15) is 0 Å². The highest BCUT2D eigenvalue weighted by Crippen LogP contribution is 2.35. The van der Waals surface area contributed by atoms with Crippen LogP contribution < -0.4 is 5.56 Å². The number of halogens is 1. The van der Waals surface area contributed by atoms with Gasteiger partial charge in [0.05, 0.1) is 5.75 Å². The van der Waals surface area contributed by atoms with Gasteiger partial charge in [0.25, 0.3) is 5.56 Å². The van der Waals surface area contributed by atoms with E-state index < -0.39 is 9.84 Å². The third-order valence-corrected chi connectivity index (χ3v) is 6.74. The Kier molecular flexibility index (Phi) is 5.80. The molecule has 1 heterocycles. The number of pyridine rings is 1. The first-order valence-electron chi connectivity index (χ1n) is 10.1. The normalized spacial score (nSPS) is 11.6. The third kappa shape index (κ3) is 4.27. The van der Waals surface area contributed by atoms with Crippen molar-refractivity contribution in [1.82, 2.24) is 4.57 Å². The van der Waals surface area contributed by atoms with E-state index in [0.717, 1.165) is 33.0 Å². The lowest BCUT2D eigenvalue weighted by molar-refractivity contribution is 0.604. The monoisotopic (exact) mass is 447 g/mol. The Balaban J connectivity index is 2.02. The number of hydrogen-bond acceptors (Lipinski definition) is 3. The van der Waals surface area contributed by atoms with Gasteiger partial charge < -0.3 is 4.57 Å². The SMILES string of the molecule is C=CS(=O)(=O)Cc1cccc(Cc2ccc(F)cc2)c1-c1cn(C)c(=O)c2ccccc12. The molecular formula is C26H22FNO3S. The molecule has 4 aromatic rings. The quantitative estimate of drug-likeness (QED) is 0.418. The van der Waals surface area contributed by atoms with Gasteiger partial charge in [0.1, 0.15) is 5.82 Å². The fraction of sp³-hybridized carbons (Fsp3) is 0.115. The minimum Gasteiger partial charge on any atom is -0.317 e. The number of nitrogens with zero attached hydrogens (tertiary/aromatic N) is 1. The Morgan fingerprint density at radius 2 is 1.59 bits per heavy atom. The lowest BCUT2D eigenvalue weighted by Gasteiger charge is -2.18. The first-order valence-corrected chi connectivity index (χ1v) is 11.8. The maximum Gasteiger partial charge on any atom is 0.258 e. The van der Waals surface area contributed by atoms with E-state index in [4.69, 9.17) is 0 Å². The highest BCUT2D eigenvalue weighted by Gasteiger charge is 2.19. The van der Waals surface area contributed by atoms with Crippen molar-refractivity contribution in [2.75, 3.05) is 0 Å². The van der Waals surface area contributed by atoms with Crippen LogP contribution in [0.5, 0.6) is 0 Å². The van der Waals surface area contributed by atoms with Crippen LogP contribution >= 0.6 is 0 Å². The molecule has 0 saturated carbocycles. The molecule has 3 aromatic carbocycles. The van der Waals surface area contributed by atoms with Crippen LogP contribution in [0.3, 0.4) is 0 Å². The van der Waals surface area contributed by atoms with Gasteiger partial charge >= 0.3 is 0 Å². The third-order valence-electron chi connectivity index (χ3n) is 5.52. The first-order chi connectivity index (χ1) is 15.3. The van der Waals surface area contributed by atoms with E-state index in [0.29, 0.717) is 17.4 Å². The van der Waals surface area contributed by atoms with Crippen LogP contribution in [0, 0.1) is 5.82 Å². The van der Waals surface area contributed by atoms with Crippen molar-refractivity contribution in [3.63, 3.8) is 0 Å². The van der Waals surface area contributed by atoms with Crippen molar-refractivity contribution in [2.24, 2.45) is 7.05 Å². The highest BCUT2D eigenvalue weighted by molar-refractivity contribution is 7.93. The molecule has 0 aliphatic carbocycles. The Morgan fingerprint density at radius 1 is 0.938 bits per heavy atom. The second-order valence-electron chi connectivity index (χ2n) is 7.73. The standard InChI is InChI=1S/C26H22FNO3S/c1-3-32(30,31)17-20-8-6-7-19(15-18-11-13-21(27)14-12-18)25(20)24-16-28(2)26(29)23-10-5-4-9-22(23)24/h3-14,16H,1,15,17H2,2H3. The Labute approximate surface area is 186 Å². The largest absolute Gasteiger partial charge is 0.317 e. The first kappa shape index (κ1) is 21.7. The van der Waals surface area contributed by atoms with E-state index in [1.54, 1.807) is 43.6 Å². The zero-order chi connectivity index (χ0) is 22.9. The van der Waals surface area contributed by atoms with Gasteiger partial charge in [0.15, 0.2) is 9.84 Å². The van der Waals surface area contributed by atoms with Crippen molar-refractivity contribution >= 4 is 20.6 Å². The van der Waals surface area contributed by atoms with Crippen LogP contribution in [0.15, 0.2) is 89.7 Å². The lowest BCUT2D eigenvalue weighted by atomic mass is 9.90. The average molecular weight is 448 g/mol. The molecular weight excluding hydrogens is 425 g/mol. The summed E-state index contributed by atoms with van der Waals surface area (Å²) >= 11 is 0. The van der Waals surface area contributed by atoms with Gasteiger partial charge in [-0.25, -0.2) is 12.8 Å². The molecule has 6 heteroatoms. The van der Waals surface area contributed by atoms with E-state index in [1.165, 1.54) is 16.7 Å². The molecule has 4 nitrogen and oxygen atoms in total. The summed E-state index contributed by atoms with van der Waals surface area (Å²) in [5.41, 5.74) is 3.81. The molecule has 0 atom stereocenters. The van der Waals surface area contributed by atoms with Gasteiger partial charge in [-0.05, 0) is 52.3 Å². The van der Waals surface area contributed by atoms with E-state index >= 15 is 0 Å². The molecule has 0 N–H and O–H groups in total. The molecule has 0 aliphatic rings. The molecule has 0 saturated heterocycles. The molecule has 32 heavy (non-hydrogen) atoms. The molecule has 1 aromatic heterocycles. The van der Waals surface area contributed by atoms with Gasteiger partial charge in [0, 0.05) is 29.6 Å². The fourth-order valence-electron chi connectivity index (χ4n) is 3.98. The molecule has 0 aliphatic heterocycles. The Hall–Kier alpha value is -3.51. The van der Waals surface area contributed by atoms with E-state index in [1.807, 2.05) is 24.3 Å². The smallest absolute Gasteiger partial charge is 0.258 e. The average Bonchev–Trinajstić information content (AvgIpc) is 2.78. The maximum atomic E-state index is 13.4. The van der Waals surface area contributed by atoms with Crippen LogP contribution in [0.25, 0.3) is 21.9 Å². The van der Waals surface area contributed by atoms with E-state index in [2.05, 4.69) is 6.58 Å². The molecule has 0 bridgehead atoms. The summed E-state index contributed by atoms with van der Waals surface area (Å²) in [5.74, 6) is -0.524. The summed E-state index contributed by atoms with van der Waals surface area (Å²) in [5, 5.41) is 2.27. The summed E-state index contributed by atoms with van der Waals surface area (Å²) in [6, 6.07) is 19.1. The van der Waals surface area contributed by atoms with E-state index in [9.17, 15) is 17.6 Å². The van der Waals surface area contributed by atoms with Gasteiger partial charge in [0.2, 0.25) is 0 Å². The molecule has 0 fully saturated rings. The number of sulfone groups is 1. The lowest BCUT2D eigenvalue weighted by Crippen LogP contribution is -2.17. The van der Waals surface area contributed by atoms with Crippen molar-refractivity contribution in [1.29, 1.82) is 0 Å². The summed E-state index contributed by atoms with van der Waals surface area (Å²) in [6.45, 7) is 3.44. The highest BCUT2D eigenvalue weighted by atomic mass is 32.2. The van der Waals surface area contributed by atoms with Crippen LogP contribution in [0.2, 0.25) is 0 Å². The van der Waals surface area contributed by atoms with Gasteiger partial charge in [-0.15, -0.1) is 0 Å². The number of aromatic nitrogens is 1. The molecule has 0 amide bonds. The maximum absolute atomic E-state index is 13.4. The van der Waals surface area contributed by atoms with Crippen LogP contribution in [0.4, 0.5) is 4.39 Å². The van der Waals surface area contributed by atoms with Crippen molar-refractivity contribution in [3.8, 4) is 11.1 Å². The summed E-state index contributed by atoms with van der Waals surface area (Å²) in [4.78, 5) is 12.7. The minimum atomic E-state index is -3.52. The van der Waals surface area contributed by atoms with Crippen molar-refractivity contribution in [3.05, 3.63) is 118 Å². The summed E-state index contributed by atoms with van der Waals surface area (Å²) in [6.07, 6.45) is 2.23. The van der Waals surface area contributed by atoms with Gasteiger partial charge in [-0.3, -0.25) is 4.79 Å². The Bertz CT molecular complexity index is 1490. The minimum absolute atomic E-state index is 0.124. The van der Waals surface area contributed by atoms with Gasteiger partial charge in [-0.1, -0.05) is 55.1 Å².